The predicted molar refractivity (Wildman–Crippen MR) is 110 cm³/mol. The Labute approximate surface area is 168 Å². The molecule has 0 aliphatic heterocycles. The van der Waals surface area contributed by atoms with Gasteiger partial charge in [0, 0.05) is 6.07 Å². The summed E-state index contributed by atoms with van der Waals surface area (Å²) in [5.41, 5.74) is 0.986. The van der Waals surface area contributed by atoms with E-state index in [0.29, 0.717) is 12.4 Å². The van der Waals surface area contributed by atoms with Crippen LogP contribution in [0.25, 0.3) is 0 Å². The number of nitrogens with zero attached hydrogens (tertiary/aromatic N) is 1. The highest BCUT2D eigenvalue weighted by Crippen LogP contribution is 2.27. The molecule has 0 aromatic heterocycles. The van der Waals surface area contributed by atoms with Crippen molar-refractivity contribution in [1.29, 1.82) is 0 Å². The molecule has 0 unspecified atom stereocenters. The van der Waals surface area contributed by atoms with Crippen molar-refractivity contribution in [1.82, 2.24) is 0 Å². The van der Waals surface area contributed by atoms with E-state index >= 15 is 0 Å². The maximum absolute atomic E-state index is 12.7. The van der Waals surface area contributed by atoms with Crippen LogP contribution in [0.2, 0.25) is 0 Å². The highest BCUT2D eigenvalue weighted by molar-refractivity contribution is 6.07. The lowest BCUT2D eigenvalue weighted by atomic mass is 10.1. The van der Waals surface area contributed by atoms with Crippen LogP contribution in [0, 0.1) is 17.0 Å². The number of para-hydroxylation sites is 2. The van der Waals surface area contributed by atoms with E-state index in [4.69, 9.17) is 9.47 Å². The lowest BCUT2D eigenvalue weighted by Gasteiger charge is -2.12. The molecule has 0 spiro atoms. The third-order valence-electron chi connectivity index (χ3n) is 4.08. The molecule has 0 atom stereocenters. The molecule has 0 saturated heterocycles. The summed E-state index contributed by atoms with van der Waals surface area (Å²) in [6.07, 6.45) is 0. The zero-order valence-corrected chi connectivity index (χ0v) is 15.8. The topological polar surface area (TPSA) is 90.7 Å². The van der Waals surface area contributed by atoms with Crippen LogP contribution in [0.15, 0.2) is 72.8 Å². The van der Waals surface area contributed by atoms with Crippen LogP contribution in [-0.2, 0) is 0 Å². The van der Waals surface area contributed by atoms with Gasteiger partial charge in [0.25, 0.3) is 11.6 Å². The van der Waals surface area contributed by atoms with Crippen molar-refractivity contribution >= 4 is 17.3 Å². The van der Waals surface area contributed by atoms with Crippen LogP contribution in [0.3, 0.4) is 0 Å². The van der Waals surface area contributed by atoms with Gasteiger partial charge in [-0.2, -0.15) is 0 Å². The van der Waals surface area contributed by atoms with Gasteiger partial charge >= 0.3 is 0 Å². The van der Waals surface area contributed by atoms with Gasteiger partial charge in [-0.15, -0.1) is 0 Å². The van der Waals surface area contributed by atoms with Crippen molar-refractivity contribution in [3.05, 3.63) is 94.0 Å². The van der Waals surface area contributed by atoms with Crippen molar-refractivity contribution in [2.24, 2.45) is 0 Å². The van der Waals surface area contributed by atoms with E-state index in [0.717, 1.165) is 11.3 Å². The Bertz CT molecular complexity index is 1010. The number of aryl methyl sites for hydroxylation is 1. The first-order chi connectivity index (χ1) is 14.0. The summed E-state index contributed by atoms with van der Waals surface area (Å²) in [5.74, 6) is 0.613. The van der Waals surface area contributed by atoms with Gasteiger partial charge in [-0.05, 0) is 42.8 Å². The molecule has 3 aromatic rings. The third-order valence-corrected chi connectivity index (χ3v) is 4.08. The first-order valence-corrected chi connectivity index (χ1v) is 9.00. The Balaban J connectivity index is 1.67. The minimum absolute atomic E-state index is 0.132. The fourth-order valence-electron chi connectivity index (χ4n) is 2.70. The van der Waals surface area contributed by atoms with Gasteiger partial charge in [0.2, 0.25) is 0 Å². The Morgan fingerprint density at radius 2 is 1.66 bits per heavy atom. The van der Waals surface area contributed by atoms with Crippen LogP contribution in [0.4, 0.5) is 11.4 Å². The van der Waals surface area contributed by atoms with E-state index < -0.39 is 10.8 Å². The van der Waals surface area contributed by atoms with Gasteiger partial charge in [0.05, 0.1) is 10.5 Å². The van der Waals surface area contributed by atoms with Crippen LogP contribution in [0.1, 0.15) is 15.9 Å². The molecule has 7 nitrogen and oxygen atoms in total. The summed E-state index contributed by atoms with van der Waals surface area (Å²) in [5, 5.41) is 13.9. The molecule has 0 radical (unpaired) electrons. The average molecular weight is 392 g/mol. The lowest BCUT2D eigenvalue weighted by Crippen LogP contribution is -2.16. The zero-order valence-electron chi connectivity index (χ0n) is 15.8. The molecule has 148 valence electrons. The summed E-state index contributed by atoms with van der Waals surface area (Å²) < 4.78 is 11.3. The average Bonchev–Trinajstić information content (AvgIpc) is 2.73. The van der Waals surface area contributed by atoms with Gasteiger partial charge in [-0.25, -0.2) is 0 Å². The van der Waals surface area contributed by atoms with E-state index in [1.54, 1.807) is 37.3 Å². The Hall–Kier alpha value is -3.87. The van der Waals surface area contributed by atoms with Crippen LogP contribution < -0.4 is 14.8 Å². The molecular weight excluding hydrogens is 372 g/mol. The molecule has 0 fully saturated rings. The number of nitro benzene ring substituents is 1. The molecule has 1 N–H and O–H groups in total. The first kappa shape index (κ1) is 19.9. The zero-order chi connectivity index (χ0) is 20.6. The van der Waals surface area contributed by atoms with Gasteiger partial charge < -0.3 is 14.8 Å². The van der Waals surface area contributed by atoms with E-state index in [1.165, 1.54) is 12.1 Å². The second kappa shape index (κ2) is 9.36. The van der Waals surface area contributed by atoms with Gasteiger partial charge in [0.1, 0.15) is 30.4 Å². The predicted octanol–water partition coefficient (Wildman–Crippen LogP) is 4.61. The van der Waals surface area contributed by atoms with E-state index in [9.17, 15) is 14.9 Å². The van der Waals surface area contributed by atoms with Crippen molar-refractivity contribution in [2.75, 3.05) is 18.5 Å². The van der Waals surface area contributed by atoms with E-state index in [2.05, 4.69) is 5.32 Å². The summed E-state index contributed by atoms with van der Waals surface area (Å²) in [4.78, 5) is 23.4. The molecule has 3 rings (SSSR count). The number of carbonyl (C=O) groups is 1. The third kappa shape index (κ3) is 5.32. The largest absolute Gasteiger partial charge is 0.490 e. The van der Waals surface area contributed by atoms with Gasteiger partial charge in [-0.1, -0.05) is 36.4 Å². The number of nitrogens with one attached hydrogen (secondary N) is 1. The van der Waals surface area contributed by atoms with Crippen molar-refractivity contribution in [3.63, 3.8) is 0 Å². The number of ether oxygens (including phenoxy) is 2. The Morgan fingerprint density at radius 3 is 2.41 bits per heavy atom. The quantitative estimate of drug-likeness (QED) is 0.343. The minimum atomic E-state index is -0.522. The molecule has 29 heavy (non-hydrogen) atoms. The summed E-state index contributed by atoms with van der Waals surface area (Å²) in [7, 11) is 0. The van der Waals surface area contributed by atoms with E-state index in [1.807, 2.05) is 30.3 Å². The smallest absolute Gasteiger partial charge is 0.293 e. The number of nitro groups is 1. The molecule has 0 heterocycles. The number of rotatable bonds is 8. The van der Waals surface area contributed by atoms with Crippen molar-refractivity contribution in [3.8, 4) is 11.5 Å². The Morgan fingerprint density at radius 1 is 0.966 bits per heavy atom. The maximum Gasteiger partial charge on any atom is 0.293 e. The number of carbonyl (C=O) groups excluding carboxylic acids is 1. The molecule has 1 amide bonds. The fourth-order valence-corrected chi connectivity index (χ4v) is 2.70. The molecular formula is C22H20N2O5. The molecule has 0 aliphatic carbocycles. The molecule has 0 bridgehead atoms. The van der Waals surface area contributed by atoms with Gasteiger partial charge in [0.15, 0.2) is 0 Å². The summed E-state index contributed by atoms with van der Waals surface area (Å²) in [6.45, 7) is 2.30. The molecule has 3 aromatic carbocycles. The number of anilines is 1. The molecule has 0 saturated carbocycles. The second-order valence-corrected chi connectivity index (χ2v) is 6.24. The SMILES string of the molecule is Cc1ccc(NC(=O)c2ccccc2OCCOc2ccccc2)c([N+](=O)[O-])c1. The summed E-state index contributed by atoms with van der Waals surface area (Å²) >= 11 is 0. The summed E-state index contributed by atoms with van der Waals surface area (Å²) in [6, 6.07) is 20.7. The monoisotopic (exact) mass is 392 g/mol. The number of amides is 1. The molecule has 7 heteroatoms. The lowest BCUT2D eigenvalue weighted by molar-refractivity contribution is -0.384. The van der Waals surface area contributed by atoms with Crippen molar-refractivity contribution in [2.45, 2.75) is 6.92 Å². The van der Waals surface area contributed by atoms with Gasteiger partial charge in [-0.3, -0.25) is 14.9 Å². The number of benzene rings is 3. The molecule has 0 aliphatic rings. The number of hydrogen-bond donors (Lipinski definition) is 1. The number of hydrogen-bond acceptors (Lipinski definition) is 5. The normalized spacial score (nSPS) is 10.2. The minimum Gasteiger partial charge on any atom is -0.490 e. The maximum atomic E-state index is 12.7. The highest BCUT2D eigenvalue weighted by Gasteiger charge is 2.19. The van der Waals surface area contributed by atoms with Crippen molar-refractivity contribution < 1.29 is 19.2 Å². The van der Waals surface area contributed by atoms with Crippen LogP contribution in [0.5, 0.6) is 11.5 Å². The fraction of sp³-hybridized carbons (Fsp3) is 0.136. The van der Waals surface area contributed by atoms with Crippen LogP contribution >= 0.6 is 0 Å². The van der Waals surface area contributed by atoms with E-state index in [-0.39, 0.29) is 23.5 Å². The highest BCUT2D eigenvalue weighted by atomic mass is 16.6. The van der Waals surface area contributed by atoms with Crippen LogP contribution in [-0.4, -0.2) is 24.0 Å². The Kier molecular flexibility index (Phi) is 6.42. The second-order valence-electron chi connectivity index (χ2n) is 6.24. The standard InChI is InChI=1S/C22H20N2O5/c1-16-11-12-19(20(15-16)24(26)27)23-22(25)18-9-5-6-10-21(18)29-14-13-28-17-7-3-2-4-8-17/h2-12,15H,13-14H2,1H3,(H,23,25). The first-order valence-electron chi connectivity index (χ1n) is 9.00.